The van der Waals surface area contributed by atoms with Crippen LogP contribution in [-0.2, 0) is 12.8 Å². The van der Waals surface area contributed by atoms with Crippen LogP contribution >= 0.6 is 0 Å². The molecular formula is C31H47N3O. The molecule has 0 aliphatic carbocycles. The molecule has 0 radical (unpaired) electrons. The number of aryl methyl sites for hydroxylation is 1. The molecular weight excluding hydrogens is 430 g/mol. The number of carbonyl (C=O) groups is 1. The van der Waals surface area contributed by atoms with Gasteiger partial charge in [0.05, 0.1) is 0 Å². The summed E-state index contributed by atoms with van der Waals surface area (Å²) in [5, 5.41) is 3.17. The number of amides is 2. The van der Waals surface area contributed by atoms with Gasteiger partial charge in [0.2, 0.25) is 0 Å². The Morgan fingerprint density at radius 1 is 0.943 bits per heavy atom. The van der Waals surface area contributed by atoms with Crippen molar-refractivity contribution in [3.63, 3.8) is 0 Å². The summed E-state index contributed by atoms with van der Waals surface area (Å²) in [5.74, 6) is 0.532. The first-order valence-corrected chi connectivity index (χ1v) is 13.7. The minimum absolute atomic E-state index is 0.0443. The number of nitrogens with zero attached hydrogens (tertiary/aromatic N) is 2. The molecule has 1 aliphatic rings. The van der Waals surface area contributed by atoms with Gasteiger partial charge in [0, 0.05) is 25.2 Å². The van der Waals surface area contributed by atoms with Crippen molar-refractivity contribution in [2.24, 2.45) is 5.92 Å². The van der Waals surface area contributed by atoms with E-state index in [9.17, 15) is 4.79 Å². The highest BCUT2D eigenvalue weighted by atomic mass is 16.2. The van der Waals surface area contributed by atoms with Crippen LogP contribution in [0.5, 0.6) is 0 Å². The zero-order valence-corrected chi connectivity index (χ0v) is 22.5. The van der Waals surface area contributed by atoms with Crippen LogP contribution in [0.1, 0.15) is 70.4 Å². The topological polar surface area (TPSA) is 35.6 Å². The molecule has 1 aliphatic heterocycles. The number of likely N-dealkylation sites (tertiary alicyclic amines) is 1. The summed E-state index contributed by atoms with van der Waals surface area (Å²) < 4.78 is 0. The second-order valence-corrected chi connectivity index (χ2v) is 11.1. The van der Waals surface area contributed by atoms with Crippen molar-refractivity contribution in [3.8, 4) is 0 Å². The molecule has 192 valence electrons. The van der Waals surface area contributed by atoms with E-state index < -0.39 is 0 Å². The van der Waals surface area contributed by atoms with E-state index in [1.165, 1.54) is 43.5 Å². The fourth-order valence-corrected chi connectivity index (χ4v) is 5.40. The largest absolute Gasteiger partial charge is 0.338 e. The monoisotopic (exact) mass is 477 g/mol. The predicted molar refractivity (Wildman–Crippen MR) is 148 cm³/mol. The van der Waals surface area contributed by atoms with Crippen molar-refractivity contribution >= 4 is 6.03 Å². The van der Waals surface area contributed by atoms with Crippen molar-refractivity contribution in [2.45, 2.75) is 83.7 Å². The van der Waals surface area contributed by atoms with Crippen LogP contribution in [0.4, 0.5) is 4.79 Å². The summed E-state index contributed by atoms with van der Waals surface area (Å²) in [5.41, 5.74) is 2.55. The number of nitrogens with one attached hydrogen (secondary N) is 1. The number of unbranched alkanes of at least 4 members (excludes halogenated alkanes) is 1. The number of carbonyl (C=O) groups excluding carboxylic acids is 1. The van der Waals surface area contributed by atoms with E-state index in [-0.39, 0.29) is 11.6 Å². The molecule has 0 bridgehead atoms. The van der Waals surface area contributed by atoms with Crippen molar-refractivity contribution in [3.05, 3.63) is 71.8 Å². The van der Waals surface area contributed by atoms with Crippen LogP contribution in [0.15, 0.2) is 60.7 Å². The van der Waals surface area contributed by atoms with Crippen LogP contribution in [0.3, 0.4) is 0 Å². The molecule has 35 heavy (non-hydrogen) atoms. The highest BCUT2D eigenvalue weighted by molar-refractivity contribution is 5.74. The second-order valence-electron chi connectivity index (χ2n) is 11.1. The van der Waals surface area contributed by atoms with Gasteiger partial charge in [0.15, 0.2) is 0 Å². The molecule has 1 saturated heterocycles. The molecule has 2 amide bonds. The lowest BCUT2D eigenvalue weighted by Crippen LogP contribution is -2.55. The van der Waals surface area contributed by atoms with Gasteiger partial charge in [-0.1, -0.05) is 74.0 Å². The zero-order valence-electron chi connectivity index (χ0n) is 22.5. The van der Waals surface area contributed by atoms with Gasteiger partial charge in [-0.3, -0.25) is 0 Å². The van der Waals surface area contributed by atoms with Crippen molar-refractivity contribution in [1.29, 1.82) is 0 Å². The Bertz CT molecular complexity index is 861. The Morgan fingerprint density at radius 2 is 1.54 bits per heavy atom. The summed E-state index contributed by atoms with van der Waals surface area (Å²) >= 11 is 0. The van der Waals surface area contributed by atoms with Gasteiger partial charge in [-0.15, -0.1) is 0 Å². The molecule has 4 heteroatoms. The standard InChI is InChI=1S/C31H47N3O/c1-26(24-28-19-10-6-11-20-28)29(34-22-14-7-15-23-34)25-31(2,3)33(4)30(35)32-21-13-12-18-27-16-8-5-9-17-27/h5-6,8-11,16-17,19-20,26,29H,7,12-15,18,21-25H2,1-4H3,(H,32,35)/t26-,29?/m1/s1. The lowest BCUT2D eigenvalue weighted by Gasteiger charge is -2.45. The Balaban J connectivity index is 1.54. The minimum atomic E-state index is -0.221. The molecule has 2 aromatic carbocycles. The molecule has 0 spiro atoms. The fourth-order valence-electron chi connectivity index (χ4n) is 5.40. The zero-order chi connectivity index (χ0) is 25.1. The molecule has 4 nitrogen and oxygen atoms in total. The third kappa shape index (κ3) is 8.68. The van der Waals surface area contributed by atoms with Gasteiger partial charge in [-0.25, -0.2) is 4.79 Å². The molecule has 2 atom stereocenters. The van der Waals surface area contributed by atoms with Gasteiger partial charge < -0.3 is 15.1 Å². The van der Waals surface area contributed by atoms with Gasteiger partial charge in [-0.2, -0.15) is 0 Å². The van der Waals surface area contributed by atoms with Gasteiger partial charge in [0.25, 0.3) is 0 Å². The van der Waals surface area contributed by atoms with Crippen LogP contribution in [-0.4, -0.2) is 54.1 Å². The Morgan fingerprint density at radius 3 is 2.17 bits per heavy atom. The van der Waals surface area contributed by atoms with E-state index in [4.69, 9.17) is 0 Å². The van der Waals surface area contributed by atoms with Crippen molar-refractivity contribution < 1.29 is 4.79 Å². The van der Waals surface area contributed by atoms with E-state index in [1.54, 1.807) is 0 Å². The average Bonchev–Trinajstić information content (AvgIpc) is 2.88. The predicted octanol–water partition coefficient (Wildman–Crippen LogP) is 6.55. The van der Waals surface area contributed by atoms with Gasteiger partial charge in [-0.05, 0) is 88.9 Å². The van der Waals surface area contributed by atoms with Gasteiger partial charge in [0.1, 0.15) is 0 Å². The van der Waals surface area contributed by atoms with Crippen LogP contribution < -0.4 is 5.32 Å². The van der Waals surface area contributed by atoms with Crippen molar-refractivity contribution in [1.82, 2.24) is 15.1 Å². The maximum atomic E-state index is 13.0. The summed E-state index contributed by atoms with van der Waals surface area (Å²) in [6.07, 6.45) is 9.13. The highest BCUT2D eigenvalue weighted by Crippen LogP contribution is 2.30. The maximum Gasteiger partial charge on any atom is 0.317 e. The first-order valence-electron chi connectivity index (χ1n) is 13.7. The minimum Gasteiger partial charge on any atom is -0.338 e. The molecule has 1 fully saturated rings. The van der Waals surface area contributed by atoms with Crippen LogP contribution in [0.25, 0.3) is 0 Å². The van der Waals surface area contributed by atoms with Crippen LogP contribution in [0, 0.1) is 5.92 Å². The number of rotatable bonds is 12. The number of piperidine rings is 1. The normalized spacial score (nSPS) is 16.5. The van der Waals surface area contributed by atoms with Crippen molar-refractivity contribution in [2.75, 3.05) is 26.7 Å². The van der Waals surface area contributed by atoms with Crippen LogP contribution in [0.2, 0.25) is 0 Å². The highest BCUT2D eigenvalue weighted by Gasteiger charge is 2.35. The Hall–Kier alpha value is -2.33. The smallest absolute Gasteiger partial charge is 0.317 e. The molecule has 0 saturated carbocycles. The quantitative estimate of drug-likeness (QED) is 0.352. The van der Waals surface area contributed by atoms with E-state index in [0.717, 1.165) is 38.6 Å². The molecule has 0 aromatic heterocycles. The summed E-state index contributed by atoms with van der Waals surface area (Å²) in [6.45, 7) is 9.94. The first-order chi connectivity index (χ1) is 16.9. The molecule has 1 heterocycles. The SMILES string of the molecule is C[C@H](Cc1ccccc1)C(CC(C)(C)N(C)C(=O)NCCCCc1ccccc1)N1CCCCC1. The summed E-state index contributed by atoms with van der Waals surface area (Å²) in [6, 6.07) is 21.9. The number of hydrogen-bond acceptors (Lipinski definition) is 2. The third-order valence-electron chi connectivity index (χ3n) is 7.85. The lowest BCUT2D eigenvalue weighted by molar-refractivity contribution is 0.0650. The maximum absolute atomic E-state index is 13.0. The second kappa shape index (κ2) is 13.7. The van der Waals surface area contributed by atoms with Gasteiger partial charge >= 0.3 is 6.03 Å². The molecule has 3 rings (SSSR count). The molecule has 1 N–H and O–H groups in total. The van der Waals surface area contributed by atoms with E-state index in [2.05, 4.69) is 91.7 Å². The summed E-state index contributed by atoms with van der Waals surface area (Å²) in [7, 11) is 1.97. The number of hydrogen-bond donors (Lipinski definition) is 1. The number of benzene rings is 2. The fraction of sp³-hybridized carbons (Fsp3) is 0.581. The van der Waals surface area contributed by atoms with E-state index in [1.807, 2.05) is 11.9 Å². The Labute approximate surface area is 214 Å². The third-order valence-corrected chi connectivity index (χ3v) is 7.85. The number of urea groups is 1. The molecule has 1 unspecified atom stereocenters. The lowest BCUT2D eigenvalue weighted by atomic mass is 9.83. The average molecular weight is 478 g/mol. The van der Waals surface area contributed by atoms with E-state index >= 15 is 0 Å². The summed E-state index contributed by atoms with van der Waals surface area (Å²) in [4.78, 5) is 17.7. The van der Waals surface area contributed by atoms with E-state index in [0.29, 0.717) is 12.0 Å². The Kier molecular flexibility index (Phi) is 10.7. The molecule has 2 aromatic rings. The first kappa shape index (κ1) is 27.3.